The Bertz CT molecular complexity index is 696. The molecule has 26 heavy (non-hydrogen) atoms. The number of benzene rings is 2. The zero-order chi connectivity index (χ0) is 19.1. The van der Waals surface area contributed by atoms with E-state index in [-0.39, 0.29) is 30.2 Å². The van der Waals surface area contributed by atoms with Crippen LogP contribution in [-0.2, 0) is 11.3 Å². The average molecular weight is 357 g/mol. The SMILES string of the molecule is CC(C)[C@@H](NCC(=O)NCc1ccc(N(C)C)cc1)c1ccc(F)cc1. The van der Waals surface area contributed by atoms with Gasteiger partial charge < -0.3 is 15.5 Å². The summed E-state index contributed by atoms with van der Waals surface area (Å²) in [4.78, 5) is 14.2. The molecule has 2 rings (SSSR count). The van der Waals surface area contributed by atoms with Gasteiger partial charge in [-0.25, -0.2) is 4.39 Å². The van der Waals surface area contributed by atoms with Crippen molar-refractivity contribution in [3.63, 3.8) is 0 Å². The number of hydrogen-bond donors (Lipinski definition) is 2. The molecule has 2 N–H and O–H groups in total. The molecule has 0 saturated carbocycles. The highest BCUT2D eigenvalue weighted by molar-refractivity contribution is 5.78. The summed E-state index contributed by atoms with van der Waals surface area (Å²) < 4.78 is 13.1. The number of carbonyl (C=O) groups is 1. The molecule has 2 aromatic rings. The molecule has 0 fully saturated rings. The fourth-order valence-electron chi connectivity index (χ4n) is 2.79. The predicted molar refractivity (Wildman–Crippen MR) is 105 cm³/mol. The summed E-state index contributed by atoms with van der Waals surface area (Å²) in [6.07, 6.45) is 0. The number of nitrogens with zero attached hydrogens (tertiary/aromatic N) is 1. The van der Waals surface area contributed by atoms with Crippen LogP contribution in [-0.4, -0.2) is 26.5 Å². The maximum absolute atomic E-state index is 13.1. The molecule has 4 nitrogen and oxygen atoms in total. The quantitative estimate of drug-likeness (QED) is 0.760. The van der Waals surface area contributed by atoms with Gasteiger partial charge in [-0.3, -0.25) is 4.79 Å². The van der Waals surface area contributed by atoms with Gasteiger partial charge in [0, 0.05) is 32.4 Å². The number of rotatable bonds is 8. The van der Waals surface area contributed by atoms with Gasteiger partial charge in [-0.05, 0) is 41.3 Å². The third-order valence-electron chi connectivity index (χ3n) is 4.32. The van der Waals surface area contributed by atoms with Crippen molar-refractivity contribution in [2.45, 2.75) is 26.4 Å². The second-order valence-corrected chi connectivity index (χ2v) is 6.99. The second-order valence-electron chi connectivity index (χ2n) is 6.99. The van der Waals surface area contributed by atoms with Crippen LogP contribution >= 0.6 is 0 Å². The minimum Gasteiger partial charge on any atom is -0.378 e. The smallest absolute Gasteiger partial charge is 0.234 e. The van der Waals surface area contributed by atoms with Gasteiger partial charge in [0.1, 0.15) is 5.82 Å². The van der Waals surface area contributed by atoms with Crippen molar-refractivity contribution in [2.24, 2.45) is 5.92 Å². The highest BCUT2D eigenvalue weighted by Crippen LogP contribution is 2.21. The van der Waals surface area contributed by atoms with E-state index in [0.717, 1.165) is 16.8 Å². The molecule has 5 heteroatoms. The highest BCUT2D eigenvalue weighted by atomic mass is 19.1. The van der Waals surface area contributed by atoms with Crippen LogP contribution in [0, 0.1) is 11.7 Å². The van der Waals surface area contributed by atoms with Crippen LogP contribution in [0.2, 0.25) is 0 Å². The normalized spacial score (nSPS) is 12.1. The fraction of sp³-hybridized carbons (Fsp3) is 0.381. The maximum Gasteiger partial charge on any atom is 0.234 e. The zero-order valence-corrected chi connectivity index (χ0v) is 15.9. The first kappa shape index (κ1) is 19.9. The molecule has 0 saturated heterocycles. The van der Waals surface area contributed by atoms with Crippen LogP contribution in [0.3, 0.4) is 0 Å². The van der Waals surface area contributed by atoms with E-state index < -0.39 is 0 Å². The van der Waals surface area contributed by atoms with Gasteiger partial charge in [0.2, 0.25) is 5.91 Å². The second kappa shape index (κ2) is 9.34. The van der Waals surface area contributed by atoms with E-state index in [9.17, 15) is 9.18 Å². The molecule has 0 radical (unpaired) electrons. The fourth-order valence-corrected chi connectivity index (χ4v) is 2.79. The first-order valence-electron chi connectivity index (χ1n) is 8.88. The number of carbonyl (C=O) groups excluding carboxylic acids is 1. The van der Waals surface area contributed by atoms with Gasteiger partial charge in [-0.1, -0.05) is 38.1 Å². The van der Waals surface area contributed by atoms with Crippen molar-refractivity contribution in [1.82, 2.24) is 10.6 Å². The molecule has 0 unspecified atom stereocenters. The predicted octanol–water partition coefficient (Wildman–Crippen LogP) is 3.49. The highest BCUT2D eigenvalue weighted by Gasteiger charge is 2.16. The lowest BCUT2D eigenvalue weighted by Crippen LogP contribution is -2.37. The molecule has 0 aliphatic carbocycles. The van der Waals surface area contributed by atoms with E-state index in [0.29, 0.717) is 6.54 Å². The number of amides is 1. The summed E-state index contributed by atoms with van der Waals surface area (Å²) in [5.74, 6) is -0.0319. The summed E-state index contributed by atoms with van der Waals surface area (Å²) in [6, 6.07) is 14.5. The van der Waals surface area contributed by atoms with Gasteiger partial charge in [-0.15, -0.1) is 0 Å². The number of hydrogen-bond acceptors (Lipinski definition) is 3. The largest absolute Gasteiger partial charge is 0.378 e. The Balaban J connectivity index is 1.85. The number of halogens is 1. The summed E-state index contributed by atoms with van der Waals surface area (Å²) in [7, 11) is 3.99. The Morgan fingerprint density at radius 2 is 1.65 bits per heavy atom. The Hall–Kier alpha value is -2.40. The van der Waals surface area contributed by atoms with Crippen molar-refractivity contribution in [3.05, 3.63) is 65.5 Å². The Morgan fingerprint density at radius 1 is 1.04 bits per heavy atom. The summed E-state index contributed by atoms with van der Waals surface area (Å²) in [6.45, 7) is 4.86. The lowest BCUT2D eigenvalue weighted by atomic mass is 9.96. The Labute approximate surface area is 155 Å². The van der Waals surface area contributed by atoms with Gasteiger partial charge in [0.05, 0.1) is 6.54 Å². The Morgan fingerprint density at radius 3 is 2.19 bits per heavy atom. The van der Waals surface area contributed by atoms with E-state index >= 15 is 0 Å². The number of anilines is 1. The van der Waals surface area contributed by atoms with E-state index in [2.05, 4.69) is 24.5 Å². The molecule has 0 aromatic heterocycles. The van der Waals surface area contributed by atoms with E-state index in [1.165, 1.54) is 12.1 Å². The molecular formula is C21H28FN3O. The van der Waals surface area contributed by atoms with E-state index in [1.807, 2.05) is 43.3 Å². The first-order valence-corrected chi connectivity index (χ1v) is 8.88. The zero-order valence-electron chi connectivity index (χ0n) is 15.9. The van der Waals surface area contributed by atoms with Gasteiger partial charge in [0.25, 0.3) is 0 Å². The standard InChI is InChI=1S/C21H28FN3O/c1-15(2)21(17-7-9-18(22)10-8-17)24-14-20(26)23-13-16-5-11-19(12-6-16)25(3)4/h5-12,15,21,24H,13-14H2,1-4H3,(H,23,26)/t21-/m1/s1. The molecule has 140 valence electrons. The van der Waals surface area contributed by atoms with Crippen LogP contribution in [0.15, 0.2) is 48.5 Å². The molecule has 0 bridgehead atoms. The minimum atomic E-state index is -0.255. The number of nitrogens with one attached hydrogen (secondary N) is 2. The molecular weight excluding hydrogens is 329 g/mol. The molecule has 0 heterocycles. The molecule has 1 atom stereocenters. The van der Waals surface area contributed by atoms with Gasteiger partial charge in [-0.2, -0.15) is 0 Å². The lowest BCUT2D eigenvalue weighted by Gasteiger charge is -2.23. The van der Waals surface area contributed by atoms with Crippen LogP contribution in [0.1, 0.15) is 31.0 Å². The van der Waals surface area contributed by atoms with Gasteiger partial charge >= 0.3 is 0 Å². The van der Waals surface area contributed by atoms with Crippen LogP contribution < -0.4 is 15.5 Å². The Kier molecular flexibility index (Phi) is 7.16. The van der Waals surface area contributed by atoms with Crippen LogP contribution in [0.25, 0.3) is 0 Å². The third kappa shape index (κ3) is 5.85. The van der Waals surface area contributed by atoms with Crippen LogP contribution in [0.5, 0.6) is 0 Å². The summed E-state index contributed by atoms with van der Waals surface area (Å²) in [5.41, 5.74) is 3.16. The van der Waals surface area contributed by atoms with E-state index in [4.69, 9.17) is 0 Å². The van der Waals surface area contributed by atoms with E-state index in [1.54, 1.807) is 12.1 Å². The van der Waals surface area contributed by atoms with Gasteiger partial charge in [0.15, 0.2) is 0 Å². The molecule has 1 amide bonds. The summed E-state index contributed by atoms with van der Waals surface area (Å²) in [5, 5.41) is 6.20. The van der Waals surface area contributed by atoms with Crippen molar-refractivity contribution in [2.75, 3.05) is 25.5 Å². The molecule has 0 spiro atoms. The average Bonchev–Trinajstić information content (AvgIpc) is 2.61. The van der Waals surface area contributed by atoms with Crippen molar-refractivity contribution in [3.8, 4) is 0 Å². The van der Waals surface area contributed by atoms with Crippen molar-refractivity contribution in [1.29, 1.82) is 0 Å². The minimum absolute atomic E-state index is 0.000671. The van der Waals surface area contributed by atoms with Crippen molar-refractivity contribution >= 4 is 11.6 Å². The third-order valence-corrected chi connectivity index (χ3v) is 4.32. The maximum atomic E-state index is 13.1. The van der Waals surface area contributed by atoms with Crippen molar-refractivity contribution < 1.29 is 9.18 Å². The van der Waals surface area contributed by atoms with Crippen LogP contribution in [0.4, 0.5) is 10.1 Å². The molecule has 2 aromatic carbocycles. The topological polar surface area (TPSA) is 44.4 Å². The molecule has 0 aliphatic heterocycles. The first-order chi connectivity index (χ1) is 12.4. The molecule has 0 aliphatic rings. The lowest BCUT2D eigenvalue weighted by molar-refractivity contribution is -0.120. The monoisotopic (exact) mass is 357 g/mol. The summed E-state index contributed by atoms with van der Waals surface area (Å²) >= 11 is 0.